The van der Waals surface area contributed by atoms with Crippen molar-refractivity contribution in [2.75, 3.05) is 39.5 Å². The Balaban J connectivity index is 1.21. The van der Waals surface area contributed by atoms with Crippen molar-refractivity contribution < 1.29 is 28.7 Å². The molecule has 3 aliphatic heterocycles. The van der Waals surface area contributed by atoms with Crippen molar-refractivity contribution in [3.8, 4) is 11.5 Å². The number of aryl methyl sites for hydroxylation is 3. The molecule has 254 valence electrons. The molecule has 6 rings (SSSR count). The summed E-state index contributed by atoms with van der Waals surface area (Å²) in [5, 5.41) is 7.55. The van der Waals surface area contributed by atoms with Gasteiger partial charge in [-0.25, -0.2) is 0 Å². The number of hydrogen-bond donors (Lipinski definition) is 1. The molecule has 48 heavy (non-hydrogen) atoms. The van der Waals surface area contributed by atoms with Crippen molar-refractivity contribution in [3.05, 3.63) is 76.1 Å². The normalized spacial score (nSPS) is 20.0. The van der Waals surface area contributed by atoms with E-state index >= 15 is 0 Å². The molecule has 2 fully saturated rings. The van der Waals surface area contributed by atoms with Gasteiger partial charge in [0.2, 0.25) is 18.6 Å². The molecule has 0 saturated carbocycles. The first-order valence-electron chi connectivity index (χ1n) is 16.5. The average molecular weight is 677 g/mol. The van der Waals surface area contributed by atoms with E-state index in [-0.39, 0.29) is 48.2 Å². The second-order valence-electron chi connectivity index (χ2n) is 12.5. The van der Waals surface area contributed by atoms with Crippen LogP contribution in [0.1, 0.15) is 64.2 Å². The molecule has 4 amide bonds. The Bertz CT molecular complexity index is 1680. The number of benzene rings is 2. The summed E-state index contributed by atoms with van der Waals surface area (Å²) in [5.74, 6) is 0.569. The minimum Gasteiger partial charge on any atom is -0.454 e. The smallest absolute Gasteiger partial charge is 0.274 e. The highest BCUT2D eigenvalue weighted by Gasteiger charge is 2.44. The van der Waals surface area contributed by atoms with Crippen LogP contribution in [-0.4, -0.2) is 99.7 Å². The Kier molecular flexibility index (Phi) is 10.2. The molecule has 2 saturated heterocycles. The fourth-order valence-electron chi connectivity index (χ4n) is 6.77. The number of likely N-dealkylation sites (tertiary alicyclic amines) is 1. The molecule has 1 aromatic heterocycles. The van der Waals surface area contributed by atoms with Crippen LogP contribution in [0.4, 0.5) is 0 Å². The lowest BCUT2D eigenvalue weighted by molar-refractivity contribution is -0.131. The van der Waals surface area contributed by atoms with Crippen LogP contribution in [0.15, 0.2) is 48.5 Å². The van der Waals surface area contributed by atoms with Gasteiger partial charge in [-0.2, -0.15) is 5.10 Å². The molecule has 13 heteroatoms. The molecule has 0 aliphatic carbocycles. The highest BCUT2D eigenvalue weighted by molar-refractivity contribution is 6.34. The zero-order chi connectivity index (χ0) is 33.8. The van der Waals surface area contributed by atoms with Gasteiger partial charge in [-0.1, -0.05) is 35.9 Å². The second kappa shape index (κ2) is 14.7. The quantitative estimate of drug-likeness (QED) is 0.438. The standard InChI is InChI=1S/C35H41ClN6O6/c1-23-31(36)32(39(2)38-23)35(46)42-21-26-20-27(42)33(44)37-15-6-7-16-40(17-8-18-41(26)34(45)25-9-4-3-5-10-25)30(43)14-12-24-11-13-28-29(19-24)48-22-47-28/h3-5,9-11,13,19,26-27H,6-8,12,14-18,20-22H2,1-2H3,(H,37,44)/t26-,27-/m0/s1. The SMILES string of the molecule is Cc1nn(C)c(C(=O)N2C[C@@H]3C[C@H]2C(=O)NCCCCN(C(=O)CCc2ccc4c(c2)OCO4)CCCN3C(=O)c2ccccc2)c1Cl. The topological polar surface area (TPSA) is 126 Å². The molecule has 0 unspecified atom stereocenters. The number of halogens is 1. The van der Waals surface area contributed by atoms with Gasteiger partial charge in [0.25, 0.3) is 11.8 Å². The Hall–Kier alpha value is -4.58. The predicted molar refractivity (Wildman–Crippen MR) is 178 cm³/mol. The maximum Gasteiger partial charge on any atom is 0.274 e. The zero-order valence-electron chi connectivity index (χ0n) is 27.3. The maximum absolute atomic E-state index is 14.0. The van der Waals surface area contributed by atoms with Crippen molar-refractivity contribution >= 4 is 35.2 Å². The van der Waals surface area contributed by atoms with Crippen LogP contribution in [0.3, 0.4) is 0 Å². The first-order valence-corrected chi connectivity index (χ1v) is 16.9. The third-order valence-corrected chi connectivity index (χ3v) is 9.77. The fourth-order valence-corrected chi connectivity index (χ4v) is 7.01. The van der Waals surface area contributed by atoms with E-state index in [0.29, 0.717) is 81.0 Å². The molecule has 0 radical (unpaired) electrons. The summed E-state index contributed by atoms with van der Waals surface area (Å²) < 4.78 is 12.3. The minimum absolute atomic E-state index is 0.0331. The summed E-state index contributed by atoms with van der Waals surface area (Å²) in [6.07, 6.45) is 3.09. The molecule has 4 heterocycles. The maximum atomic E-state index is 14.0. The van der Waals surface area contributed by atoms with Crippen molar-refractivity contribution in [3.63, 3.8) is 0 Å². The van der Waals surface area contributed by atoms with Gasteiger partial charge >= 0.3 is 0 Å². The molecule has 12 nitrogen and oxygen atoms in total. The van der Waals surface area contributed by atoms with Crippen LogP contribution >= 0.6 is 11.6 Å². The molecule has 3 aromatic rings. The number of fused-ring (bicyclic) bond motifs is 3. The Morgan fingerprint density at radius 2 is 1.73 bits per heavy atom. The molecular weight excluding hydrogens is 636 g/mol. The van der Waals surface area contributed by atoms with E-state index in [0.717, 1.165) is 5.56 Å². The van der Waals surface area contributed by atoms with Gasteiger partial charge in [0, 0.05) is 51.8 Å². The van der Waals surface area contributed by atoms with Crippen molar-refractivity contribution in [2.24, 2.45) is 7.05 Å². The zero-order valence-corrected chi connectivity index (χ0v) is 28.1. The summed E-state index contributed by atoms with van der Waals surface area (Å²) in [6.45, 7) is 3.86. The summed E-state index contributed by atoms with van der Waals surface area (Å²) in [6, 6.07) is 13.5. The Morgan fingerprint density at radius 3 is 2.50 bits per heavy atom. The summed E-state index contributed by atoms with van der Waals surface area (Å²) in [4.78, 5) is 60.3. The van der Waals surface area contributed by atoms with Crippen LogP contribution in [0, 0.1) is 6.92 Å². The highest BCUT2D eigenvalue weighted by atomic mass is 35.5. The van der Waals surface area contributed by atoms with E-state index in [1.807, 2.05) is 41.3 Å². The largest absolute Gasteiger partial charge is 0.454 e. The van der Waals surface area contributed by atoms with E-state index in [2.05, 4.69) is 10.4 Å². The fraction of sp³-hybridized carbons (Fsp3) is 0.457. The number of carbonyl (C=O) groups excluding carboxylic acids is 4. The lowest BCUT2D eigenvalue weighted by Crippen LogP contribution is -2.47. The number of nitrogens with zero attached hydrogens (tertiary/aromatic N) is 5. The summed E-state index contributed by atoms with van der Waals surface area (Å²) >= 11 is 6.50. The van der Waals surface area contributed by atoms with Crippen molar-refractivity contribution in [1.82, 2.24) is 29.8 Å². The third kappa shape index (κ3) is 7.13. The van der Waals surface area contributed by atoms with E-state index in [4.69, 9.17) is 21.1 Å². The Labute approximate surface area is 284 Å². The number of ether oxygens (including phenoxy) is 2. The average Bonchev–Trinajstić information content (AvgIpc) is 3.81. The molecule has 0 spiro atoms. The lowest BCUT2D eigenvalue weighted by atomic mass is 10.1. The summed E-state index contributed by atoms with van der Waals surface area (Å²) in [7, 11) is 1.65. The van der Waals surface area contributed by atoms with Crippen LogP contribution in [0.2, 0.25) is 5.02 Å². The molecule has 2 aromatic carbocycles. The monoisotopic (exact) mass is 676 g/mol. The number of carbonyl (C=O) groups is 4. The number of nitrogens with one attached hydrogen (secondary N) is 1. The van der Waals surface area contributed by atoms with Crippen LogP contribution in [-0.2, 0) is 23.1 Å². The van der Waals surface area contributed by atoms with E-state index in [1.165, 1.54) is 9.58 Å². The van der Waals surface area contributed by atoms with Crippen molar-refractivity contribution in [1.29, 1.82) is 0 Å². The molecule has 2 bridgehead atoms. The number of hydrogen-bond acceptors (Lipinski definition) is 7. The molecule has 2 atom stereocenters. The minimum atomic E-state index is -0.781. The lowest BCUT2D eigenvalue weighted by Gasteiger charge is -2.31. The van der Waals surface area contributed by atoms with Gasteiger partial charge in [0.05, 0.1) is 16.8 Å². The molecular formula is C35H41ClN6O6. The van der Waals surface area contributed by atoms with Crippen LogP contribution in [0.5, 0.6) is 11.5 Å². The molecule has 3 aliphatic rings. The van der Waals surface area contributed by atoms with Crippen molar-refractivity contribution in [2.45, 2.75) is 57.5 Å². The summed E-state index contributed by atoms with van der Waals surface area (Å²) in [5.41, 5.74) is 2.25. The van der Waals surface area contributed by atoms with Gasteiger partial charge in [0.1, 0.15) is 11.7 Å². The highest BCUT2D eigenvalue weighted by Crippen LogP contribution is 2.33. The van der Waals surface area contributed by atoms with Crippen LogP contribution < -0.4 is 14.8 Å². The number of rotatable bonds is 5. The predicted octanol–water partition coefficient (Wildman–Crippen LogP) is 3.60. The number of amides is 4. The van der Waals surface area contributed by atoms with E-state index in [9.17, 15) is 19.2 Å². The molecule has 1 N–H and O–H groups in total. The van der Waals surface area contributed by atoms with Gasteiger partial charge < -0.3 is 29.5 Å². The van der Waals surface area contributed by atoms with E-state index < -0.39 is 18.0 Å². The first-order chi connectivity index (χ1) is 23.2. The first kappa shape index (κ1) is 33.3. The second-order valence-corrected chi connectivity index (χ2v) is 12.9. The third-order valence-electron chi connectivity index (χ3n) is 9.31. The van der Waals surface area contributed by atoms with Gasteiger partial charge in [-0.15, -0.1) is 0 Å². The number of aromatic nitrogens is 2. The van der Waals surface area contributed by atoms with Gasteiger partial charge in [0.15, 0.2) is 11.5 Å². The van der Waals surface area contributed by atoms with E-state index in [1.54, 1.807) is 31.0 Å². The Morgan fingerprint density at radius 1 is 0.958 bits per heavy atom. The van der Waals surface area contributed by atoms with Crippen LogP contribution in [0.25, 0.3) is 0 Å². The van der Waals surface area contributed by atoms with Gasteiger partial charge in [-0.05, 0) is 68.9 Å². The van der Waals surface area contributed by atoms with Gasteiger partial charge in [-0.3, -0.25) is 23.9 Å².